The molecule has 1 aromatic heterocycles. The van der Waals surface area contributed by atoms with Gasteiger partial charge in [0.1, 0.15) is 0 Å². The summed E-state index contributed by atoms with van der Waals surface area (Å²) in [7, 11) is 3.24. The minimum absolute atomic E-state index is 0.0525. The Balaban J connectivity index is 1.90. The zero-order valence-corrected chi connectivity index (χ0v) is 14.9. The maximum absolute atomic E-state index is 11.8. The van der Waals surface area contributed by atoms with Gasteiger partial charge in [-0.05, 0) is 25.1 Å². The van der Waals surface area contributed by atoms with Crippen molar-refractivity contribution in [3.05, 3.63) is 47.5 Å². The first-order valence-corrected chi connectivity index (χ1v) is 8.49. The number of amides is 1. The molecule has 0 N–H and O–H groups in total. The highest BCUT2D eigenvalue weighted by Crippen LogP contribution is 2.35. The molecule has 0 spiro atoms. The largest absolute Gasteiger partial charge is 0.435 e. The molecule has 2 aromatic carbocycles. The van der Waals surface area contributed by atoms with E-state index in [4.69, 9.17) is 4.84 Å². The van der Waals surface area contributed by atoms with Crippen molar-refractivity contribution in [1.29, 1.82) is 0 Å². The van der Waals surface area contributed by atoms with Gasteiger partial charge in [-0.3, -0.25) is 9.63 Å². The van der Waals surface area contributed by atoms with Crippen LogP contribution in [0.3, 0.4) is 0 Å². The highest BCUT2D eigenvalue weighted by atomic mass is 16.7. The van der Waals surface area contributed by atoms with Crippen LogP contribution in [0, 0.1) is 0 Å². The summed E-state index contributed by atoms with van der Waals surface area (Å²) in [6.07, 6.45) is 0.173. The van der Waals surface area contributed by atoms with Gasteiger partial charge in [-0.1, -0.05) is 23.4 Å². The minimum Gasteiger partial charge on any atom is -0.340 e. The van der Waals surface area contributed by atoms with Crippen molar-refractivity contribution in [2.75, 3.05) is 14.1 Å². The maximum atomic E-state index is 11.8. The fraction of sp³-hybridized carbons (Fsp3) is 0.250. The number of para-hydroxylation sites is 1. The van der Waals surface area contributed by atoms with E-state index in [1.807, 2.05) is 30.3 Å². The van der Waals surface area contributed by atoms with Crippen LogP contribution >= 0.6 is 0 Å². The van der Waals surface area contributed by atoms with Crippen LogP contribution in [0.4, 0.5) is 4.79 Å². The van der Waals surface area contributed by atoms with E-state index in [2.05, 4.69) is 15.8 Å². The average Bonchev–Trinajstić information content (AvgIpc) is 2.96. The van der Waals surface area contributed by atoms with Crippen LogP contribution in [0.25, 0.3) is 21.8 Å². The molecule has 0 radical (unpaired) electrons. The van der Waals surface area contributed by atoms with Gasteiger partial charge in [0.05, 0.1) is 11.2 Å². The van der Waals surface area contributed by atoms with Crippen molar-refractivity contribution in [3.8, 4) is 0 Å². The molecule has 6 heteroatoms. The molecule has 0 saturated carbocycles. The molecule has 132 valence electrons. The normalized spacial score (nSPS) is 14.8. The molecule has 2 heterocycles. The fourth-order valence-electron chi connectivity index (χ4n) is 3.47. The maximum Gasteiger partial charge on any atom is 0.435 e. The molecule has 0 bridgehead atoms. The SMILES string of the molecule is CC(=O)c1ccc2c(c1)c1cccc3c1n2CC/C3=N\OC(=O)N(C)C. The number of aryl methyl sites for hydroxylation is 1. The van der Waals surface area contributed by atoms with Gasteiger partial charge in [0.15, 0.2) is 5.78 Å². The highest BCUT2D eigenvalue weighted by molar-refractivity contribution is 6.19. The number of hydrogen-bond acceptors (Lipinski definition) is 4. The number of nitrogens with zero attached hydrogens (tertiary/aromatic N) is 3. The van der Waals surface area contributed by atoms with Gasteiger partial charge < -0.3 is 9.47 Å². The molecular formula is C20H19N3O3. The molecule has 0 aliphatic carbocycles. The molecular weight excluding hydrogens is 330 g/mol. The smallest absolute Gasteiger partial charge is 0.340 e. The van der Waals surface area contributed by atoms with Crippen LogP contribution in [-0.4, -0.2) is 41.2 Å². The zero-order chi connectivity index (χ0) is 18.4. The van der Waals surface area contributed by atoms with Crippen LogP contribution in [0.5, 0.6) is 0 Å². The monoisotopic (exact) mass is 349 g/mol. The summed E-state index contributed by atoms with van der Waals surface area (Å²) in [5.74, 6) is 0.0525. The van der Waals surface area contributed by atoms with Crippen LogP contribution < -0.4 is 0 Å². The molecule has 0 atom stereocenters. The van der Waals surface area contributed by atoms with Crippen molar-refractivity contribution in [2.45, 2.75) is 19.9 Å². The molecule has 6 nitrogen and oxygen atoms in total. The second-order valence-electron chi connectivity index (χ2n) is 6.68. The Bertz CT molecular complexity index is 1090. The van der Waals surface area contributed by atoms with Crippen molar-refractivity contribution in [2.24, 2.45) is 5.16 Å². The summed E-state index contributed by atoms with van der Waals surface area (Å²) < 4.78 is 2.25. The van der Waals surface area contributed by atoms with E-state index in [0.29, 0.717) is 12.0 Å². The minimum atomic E-state index is -0.498. The van der Waals surface area contributed by atoms with E-state index in [1.165, 1.54) is 4.90 Å². The van der Waals surface area contributed by atoms with Crippen molar-refractivity contribution in [3.63, 3.8) is 0 Å². The Labute approximate surface area is 150 Å². The third-order valence-electron chi connectivity index (χ3n) is 4.77. The van der Waals surface area contributed by atoms with E-state index in [1.54, 1.807) is 21.0 Å². The number of aromatic nitrogens is 1. The summed E-state index contributed by atoms with van der Waals surface area (Å²) in [5, 5.41) is 6.23. The Morgan fingerprint density at radius 3 is 2.69 bits per heavy atom. The molecule has 1 aliphatic rings. The van der Waals surface area contributed by atoms with E-state index >= 15 is 0 Å². The standard InChI is InChI=1S/C20H19N3O3/c1-12(24)13-7-8-18-16(11-13)14-5-4-6-15-17(9-10-23(18)19(14)15)21-26-20(25)22(2)3/h4-8,11H,9-10H2,1-3H3/b21-17+. The molecule has 1 amide bonds. The number of ketones is 1. The van der Waals surface area contributed by atoms with Crippen LogP contribution in [0.15, 0.2) is 41.6 Å². The topological polar surface area (TPSA) is 63.9 Å². The summed E-state index contributed by atoms with van der Waals surface area (Å²) in [6.45, 7) is 2.32. The highest BCUT2D eigenvalue weighted by Gasteiger charge is 2.22. The van der Waals surface area contributed by atoms with Crippen molar-refractivity contribution in [1.82, 2.24) is 9.47 Å². The quantitative estimate of drug-likeness (QED) is 0.401. The van der Waals surface area contributed by atoms with Gasteiger partial charge in [-0.2, -0.15) is 0 Å². The third kappa shape index (κ3) is 2.45. The van der Waals surface area contributed by atoms with E-state index in [0.717, 1.165) is 39.6 Å². The molecule has 1 aliphatic heterocycles. The van der Waals surface area contributed by atoms with Gasteiger partial charge in [0.2, 0.25) is 0 Å². The van der Waals surface area contributed by atoms with Gasteiger partial charge in [0.25, 0.3) is 0 Å². The fourth-order valence-corrected chi connectivity index (χ4v) is 3.47. The predicted octanol–water partition coefficient (Wildman–Crippen LogP) is 3.80. The lowest BCUT2D eigenvalue weighted by atomic mass is 10.0. The second-order valence-corrected chi connectivity index (χ2v) is 6.68. The number of Topliss-reactive ketones (excluding diaryl/α,β-unsaturated/α-hetero) is 1. The average molecular weight is 349 g/mol. The lowest BCUT2D eigenvalue weighted by Crippen LogP contribution is -2.22. The lowest BCUT2D eigenvalue weighted by Gasteiger charge is -2.18. The van der Waals surface area contributed by atoms with Gasteiger partial charge in [-0.25, -0.2) is 4.79 Å². The number of fused-ring (bicyclic) bond motifs is 3. The number of rotatable bonds is 2. The zero-order valence-electron chi connectivity index (χ0n) is 14.9. The van der Waals surface area contributed by atoms with Crippen LogP contribution in [0.1, 0.15) is 29.3 Å². The van der Waals surface area contributed by atoms with Crippen molar-refractivity contribution >= 4 is 39.4 Å². The third-order valence-corrected chi connectivity index (χ3v) is 4.77. The second kappa shape index (κ2) is 5.98. The Morgan fingerprint density at radius 1 is 1.15 bits per heavy atom. The summed E-state index contributed by atoms with van der Waals surface area (Å²) in [5.41, 5.74) is 4.58. The molecule has 0 saturated heterocycles. The Hall–Kier alpha value is -3.15. The number of oxime groups is 1. The first kappa shape index (κ1) is 16.3. The number of carbonyl (C=O) groups excluding carboxylic acids is 2. The first-order valence-electron chi connectivity index (χ1n) is 8.49. The van der Waals surface area contributed by atoms with Crippen LogP contribution in [-0.2, 0) is 11.4 Å². The van der Waals surface area contributed by atoms with Crippen LogP contribution in [0.2, 0.25) is 0 Å². The Morgan fingerprint density at radius 2 is 1.96 bits per heavy atom. The number of hydrogen-bond donors (Lipinski definition) is 0. The number of benzene rings is 2. The van der Waals surface area contributed by atoms with Gasteiger partial charge in [0, 0.05) is 54.5 Å². The van der Waals surface area contributed by atoms with Crippen molar-refractivity contribution < 1.29 is 14.4 Å². The molecule has 0 unspecified atom stereocenters. The van der Waals surface area contributed by atoms with E-state index < -0.39 is 6.09 Å². The van der Waals surface area contributed by atoms with Gasteiger partial charge in [-0.15, -0.1) is 0 Å². The van der Waals surface area contributed by atoms with E-state index in [-0.39, 0.29) is 5.78 Å². The molecule has 0 fully saturated rings. The lowest BCUT2D eigenvalue weighted by molar-refractivity contribution is 0.101. The first-order chi connectivity index (χ1) is 12.5. The van der Waals surface area contributed by atoms with E-state index in [9.17, 15) is 9.59 Å². The summed E-state index contributed by atoms with van der Waals surface area (Å²) in [4.78, 5) is 29.8. The summed E-state index contributed by atoms with van der Waals surface area (Å²) in [6, 6.07) is 11.8. The molecule has 26 heavy (non-hydrogen) atoms. The Kier molecular flexibility index (Phi) is 3.76. The molecule has 3 aromatic rings. The summed E-state index contributed by atoms with van der Waals surface area (Å²) >= 11 is 0. The van der Waals surface area contributed by atoms with Gasteiger partial charge >= 0.3 is 6.09 Å². The predicted molar refractivity (Wildman–Crippen MR) is 101 cm³/mol. The molecule has 4 rings (SSSR count). The number of carbonyl (C=O) groups is 2.